The number of nitrogens with two attached hydrogens (primary N) is 1. The van der Waals surface area contributed by atoms with E-state index in [9.17, 15) is 14.4 Å². The molecule has 0 fully saturated rings. The fourth-order valence-corrected chi connectivity index (χ4v) is 5.74. The molecule has 0 aliphatic heterocycles. The quantitative estimate of drug-likeness (QED) is 0.309. The second-order valence-electron chi connectivity index (χ2n) is 7.09. The number of hydrogen-bond acceptors (Lipinski definition) is 8. The minimum atomic E-state index is -0.475. The molecular weight excluding hydrogens is 448 g/mol. The average Bonchev–Trinajstić information content (AvgIpc) is 3.33. The maximum atomic E-state index is 12.7. The molecule has 0 unspecified atom stereocenters. The lowest BCUT2D eigenvalue weighted by Gasteiger charge is -2.14. The molecular formula is C22H22N4O4S2. The highest BCUT2D eigenvalue weighted by Crippen LogP contribution is 2.39. The van der Waals surface area contributed by atoms with Crippen LogP contribution in [0.4, 0.5) is 10.8 Å². The number of ether oxygens (including phenoxy) is 1. The third-order valence-electron chi connectivity index (χ3n) is 4.93. The Kier molecular flexibility index (Phi) is 6.61. The monoisotopic (exact) mass is 470 g/mol. The number of nitrogens with zero attached hydrogens (tertiary/aromatic N) is 2. The van der Waals surface area contributed by atoms with Gasteiger partial charge >= 0.3 is 5.97 Å². The lowest BCUT2D eigenvalue weighted by Crippen LogP contribution is -2.20. The van der Waals surface area contributed by atoms with E-state index in [-0.39, 0.29) is 24.1 Å². The van der Waals surface area contributed by atoms with Crippen LogP contribution in [-0.2, 0) is 22.4 Å². The number of thioether (sulfide) groups is 1. The second-order valence-corrected chi connectivity index (χ2v) is 9.14. The minimum absolute atomic E-state index is 0.00639. The van der Waals surface area contributed by atoms with Gasteiger partial charge in [0.1, 0.15) is 10.8 Å². The fraction of sp³-hybridized carbons (Fsp3) is 0.273. The van der Waals surface area contributed by atoms with Gasteiger partial charge < -0.3 is 15.8 Å². The van der Waals surface area contributed by atoms with Crippen LogP contribution in [0.1, 0.15) is 34.1 Å². The Hall–Kier alpha value is -3.11. The number of rotatable bonds is 7. The molecule has 32 heavy (non-hydrogen) atoms. The summed E-state index contributed by atoms with van der Waals surface area (Å²) in [5.41, 5.74) is 7.77. The molecule has 1 aliphatic carbocycles. The second kappa shape index (κ2) is 9.58. The number of nitrogen functional groups attached to an aromatic ring is 1. The Morgan fingerprint density at radius 1 is 1.28 bits per heavy atom. The number of anilines is 2. The summed E-state index contributed by atoms with van der Waals surface area (Å²) in [5, 5.41) is 3.68. The smallest absolute Gasteiger partial charge is 0.341 e. The summed E-state index contributed by atoms with van der Waals surface area (Å²) < 4.78 is 6.83. The van der Waals surface area contributed by atoms with Crippen molar-refractivity contribution >= 4 is 45.8 Å². The van der Waals surface area contributed by atoms with Crippen molar-refractivity contribution in [2.24, 2.45) is 0 Å². The first-order valence-corrected chi connectivity index (χ1v) is 12.0. The van der Waals surface area contributed by atoms with Crippen molar-refractivity contribution in [3.8, 4) is 5.69 Å². The number of amides is 1. The maximum Gasteiger partial charge on any atom is 0.341 e. The molecule has 3 N–H and O–H groups in total. The van der Waals surface area contributed by atoms with E-state index in [4.69, 9.17) is 10.5 Å². The third-order valence-corrected chi connectivity index (χ3v) is 7.07. The Balaban J connectivity index is 1.54. The van der Waals surface area contributed by atoms with E-state index in [1.807, 2.05) is 30.3 Å². The zero-order chi connectivity index (χ0) is 22.7. The number of thiophene rings is 1. The van der Waals surface area contributed by atoms with E-state index in [2.05, 4.69) is 10.3 Å². The standard InChI is InChI=1S/C22H22N4O4S2/c1-2-30-21(29)19-14-9-6-10-15(14)32-20(19)24-18(28)12-31-22-25-17(27)11-16(23)26(22)13-7-4-3-5-8-13/h3-5,7-8,11H,2,6,9-10,12,23H2,1H3,(H,24,28). The zero-order valence-corrected chi connectivity index (χ0v) is 19.1. The summed E-state index contributed by atoms with van der Waals surface area (Å²) in [6, 6.07) is 10.5. The van der Waals surface area contributed by atoms with Crippen LogP contribution in [-0.4, -0.2) is 33.8 Å². The first-order chi connectivity index (χ1) is 15.5. The molecule has 0 atom stereocenters. The number of aromatic nitrogens is 2. The van der Waals surface area contributed by atoms with E-state index in [1.165, 1.54) is 17.4 Å². The highest BCUT2D eigenvalue weighted by molar-refractivity contribution is 7.99. The number of nitrogens with one attached hydrogen (secondary N) is 1. The summed E-state index contributed by atoms with van der Waals surface area (Å²) in [4.78, 5) is 42.3. The van der Waals surface area contributed by atoms with E-state index in [0.717, 1.165) is 47.2 Å². The van der Waals surface area contributed by atoms with Gasteiger partial charge in [-0.25, -0.2) is 4.79 Å². The molecule has 1 amide bonds. The van der Waals surface area contributed by atoms with Gasteiger partial charge in [-0.1, -0.05) is 30.0 Å². The van der Waals surface area contributed by atoms with Crippen molar-refractivity contribution in [1.29, 1.82) is 0 Å². The first kappa shape index (κ1) is 22.1. The van der Waals surface area contributed by atoms with Crippen LogP contribution >= 0.6 is 23.1 Å². The number of fused-ring (bicyclic) bond motifs is 1. The van der Waals surface area contributed by atoms with Gasteiger partial charge in [0.2, 0.25) is 5.91 Å². The predicted molar refractivity (Wildman–Crippen MR) is 126 cm³/mol. The molecule has 4 rings (SSSR count). The van der Waals surface area contributed by atoms with Gasteiger partial charge in [-0.05, 0) is 43.9 Å². The van der Waals surface area contributed by atoms with Gasteiger partial charge in [0.05, 0.1) is 17.9 Å². The van der Waals surface area contributed by atoms with Gasteiger partial charge in [-0.2, -0.15) is 4.98 Å². The van der Waals surface area contributed by atoms with E-state index < -0.39 is 11.5 Å². The highest BCUT2D eigenvalue weighted by atomic mass is 32.2. The molecule has 8 nitrogen and oxygen atoms in total. The fourth-order valence-electron chi connectivity index (χ4n) is 3.62. The van der Waals surface area contributed by atoms with E-state index in [0.29, 0.717) is 15.7 Å². The van der Waals surface area contributed by atoms with Crippen LogP contribution in [0.15, 0.2) is 46.3 Å². The van der Waals surface area contributed by atoms with Crippen LogP contribution in [0.3, 0.4) is 0 Å². The minimum Gasteiger partial charge on any atom is -0.462 e. The highest BCUT2D eigenvalue weighted by Gasteiger charge is 2.28. The van der Waals surface area contributed by atoms with Crippen molar-refractivity contribution in [1.82, 2.24) is 9.55 Å². The molecule has 10 heteroatoms. The van der Waals surface area contributed by atoms with Crippen molar-refractivity contribution < 1.29 is 14.3 Å². The number of benzene rings is 1. The average molecular weight is 471 g/mol. The van der Waals surface area contributed by atoms with Crippen LogP contribution in [0.25, 0.3) is 5.69 Å². The number of carbonyl (C=O) groups excluding carboxylic acids is 2. The van der Waals surface area contributed by atoms with Crippen LogP contribution in [0.5, 0.6) is 0 Å². The van der Waals surface area contributed by atoms with Crippen molar-refractivity contribution in [3.63, 3.8) is 0 Å². The Morgan fingerprint density at radius 3 is 2.81 bits per heavy atom. The Morgan fingerprint density at radius 2 is 2.06 bits per heavy atom. The number of para-hydroxylation sites is 1. The van der Waals surface area contributed by atoms with Crippen LogP contribution in [0, 0.1) is 0 Å². The molecule has 0 saturated carbocycles. The van der Waals surface area contributed by atoms with Crippen molar-refractivity contribution in [2.45, 2.75) is 31.3 Å². The number of esters is 1. The topological polar surface area (TPSA) is 116 Å². The molecule has 2 aromatic heterocycles. The van der Waals surface area contributed by atoms with Gasteiger partial charge in [0, 0.05) is 16.6 Å². The molecule has 1 aliphatic rings. The van der Waals surface area contributed by atoms with Gasteiger partial charge in [-0.3, -0.25) is 14.2 Å². The summed E-state index contributed by atoms with van der Waals surface area (Å²) in [7, 11) is 0. The van der Waals surface area contributed by atoms with E-state index >= 15 is 0 Å². The zero-order valence-electron chi connectivity index (χ0n) is 17.4. The van der Waals surface area contributed by atoms with Gasteiger partial charge in [0.25, 0.3) is 5.56 Å². The first-order valence-electron chi connectivity index (χ1n) is 10.2. The Labute approximate surface area is 192 Å². The van der Waals surface area contributed by atoms with Crippen LogP contribution in [0.2, 0.25) is 0 Å². The van der Waals surface area contributed by atoms with Gasteiger partial charge in [-0.15, -0.1) is 11.3 Å². The third kappa shape index (κ3) is 4.56. The normalized spacial score (nSPS) is 12.4. The maximum absolute atomic E-state index is 12.7. The molecule has 2 heterocycles. The number of hydrogen-bond donors (Lipinski definition) is 2. The largest absolute Gasteiger partial charge is 0.462 e. The lowest BCUT2D eigenvalue weighted by molar-refractivity contribution is -0.113. The SMILES string of the molecule is CCOC(=O)c1c(NC(=O)CSc2nc(=O)cc(N)n2-c2ccccc2)sc2c1CCC2. The Bertz CT molecular complexity index is 1220. The number of aryl methyl sites for hydroxylation is 1. The summed E-state index contributed by atoms with van der Waals surface area (Å²) in [6.45, 7) is 2.02. The molecule has 0 spiro atoms. The lowest BCUT2D eigenvalue weighted by atomic mass is 10.1. The molecule has 166 valence electrons. The summed E-state index contributed by atoms with van der Waals surface area (Å²) >= 11 is 2.53. The predicted octanol–water partition coefficient (Wildman–Crippen LogP) is 3.27. The summed E-state index contributed by atoms with van der Waals surface area (Å²) in [6.07, 6.45) is 2.70. The molecule has 1 aromatic carbocycles. The molecule has 0 radical (unpaired) electrons. The summed E-state index contributed by atoms with van der Waals surface area (Å²) in [5.74, 6) is -0.492. The van der Waals surface area contributed by atoms with Gasteiger partial charge in [0.15, 0.2) is 5.16 Å². The molecule has 0 bridgehead atoms. The van der Waals surface area contributed by atoms with Crippen LogP contribution < -0.4 is 16.6 Å². The molecule has 0 saturated heterocycles. The van der Waals surface area contributed by atoms with Crippen molar-refractivity contribution in [2.75, 3.05) is 23.4 Å². The van der Waals surface area contributed by atoms with Crippen molar-refractivity contribution in [3.05, 3.63) is 62.8 Å². The van der Waals surface area contributed by atoms with E-state index in [1.54, 1.807) is 11.5 Å². The number of carbonyl (C=O) groups is 2. The molecule has 3 aromatic rings.